The van der Waals surface area contributed by atoms with Gasteiger partial charge < -0.3 is 5.32 Å². The molecule has 0 atom stereocenters. The van der Waals surface area contributed by atoms with Gasteiger partial charge in [0.2, 0.25) is 0 Å². The maximum Gasteiger partial charge on any atom is 0.0712 e. The van der Waals surface area contributed by atoms with Gasteiger partial charge in [-0.3, -0.25) is 0 Å². The molecule has 82 valence electrons. The molecule has 1 aromatic rings. The van der Waals surface area contributed by atoms with Gasteiger partial charge in [-0.05, 0) is 44.0 Å². The maximum absolute atomic E-state index is 4.71. The van der Waals surface area contributed by atoms with Crippen LogP contribution in [-0.4, -0.2) is 13.1 Å². The number of rotatable bonds is 0. The highest BCUT2D eigenvalue weighted by atomic mass is 14.9. The van der Waals surface area contributed by atoms with Gasteiger partial charge in [0.05, 0.1) is 11.1 Å². The summed E-state index contributed by atoms with van der Waals surface area (Å²) in [6.07, 6.45) is 5.72. The summed E-state index contributed by atoms with van der Waals surface area (Å²) in [6.45, 7) is 2.19. The zero-order valence-electron chi connectivity index (χ0n) is 9.37. The summed E-state index contributed by atoms with van der Waals surface area (Å²) >= 11 is 0. The molecule has 2 nitrogen and oxygen atoms in total. The van der Waals surface area contributed by atoms with Gasteiger partial charge in [-0.2, -0.15) is 0 Å². The smallest absolute Gasteiger partial charge is 0.0712 e. The van der Waals surface area contributed by atoms with Crippen LogP contribution in [-0.2, 0) is 0 Å². The lowest BCUT2D eigenvalue weighted by molar-refractivity contribution is 0.666. The van der Waals surface area contributed by atoms with Gasteiger partial charge in [-0.1, -0.05) is 24.3 Å². The number of nitrogens with zero attached hydrogens (tertiary/aromatic N) is 1. The Hall–Kier alpha value is -1.41. The van der Waals surface area contributed by atoms with E-state index in [9.17, 15) is 0 Å². The monoisotopic (exact) mass is 212 g/mol. The number of hydrogen-bond acceptors (Lipinski definition) is 2. The van der Waals surface area contributed by atoms with E-state index in [-0.39, 0.29) is 0 Å². The van der Waals surface area contributed by atoms with Gasteiger partial charge in [0, 0.05) is 5.22 Å². The summed E-state index contributed by atoms with van der Waals surface area (Å²) in [5.74, 6) is 0. The van der Waals surface area contributed by atoms with Gasteiger partial charge >= 0.3 is 0 Å². The predicted octanol–water partition coefficient (Wildman–Crippen LogP) is 1.13. The summed E-state index contributed by atoms with van der Waals surface area (Å²) in [5, 5.41) is 5.95. The van der Waals surface area contributed by atoms with Crippen LogP contribution >= 0.6 is 0 Å². The SMILES string of the molecule is C1=C2/N=c3ccccc3=C2CCNCCC/1. The van der Waals surface area contributed by atoms with E-state index in [2.05, 4.69) is 35.7 Å². The van der Waals surface area contributed by atoms with Crippen LogP contribution in [0.2, 0.25) is 0 Å². The second kappa shape index (κ2) is 4.22. The highest BCUT2D eigenvalue weighted by molar-refractivity contribution is 5.65. The van der Waals surface area contributed by atoms with Gasteiger partial charge in [-0.15, -0.1) is 0 Å². The number of hydrogen-bond donors (Lipinski definition) is 1. The Morgan fingerprint density at radius 1 is 1.12 bits per heavy atom. The van der Waals surface area contributed by atoms with Crippen molar-refractivity contribution in [1.29, 1.82) is 0 Å². The molecule has 2 heterocycles. The first kappa shape index (κ1) is 9.79. The van der Waals surface area contributed by atoms with Crippen molar-refractivity contribution in [2.24, 2.45) is 4.99 Å². The average Bonchev–Trinajstić information content (AvgIpc) is 2.69. The molecule has 0 saturated heterocycles. The minimum Gasteiger partial charge on any atom is -0.316 e. The highest BCUT2D eigenvalue weighted by Crippen LogP contribution is 2.19. The van der Waals surface area contributed by atoms with E-state index in [0.29, 0.717) is 0 Å². The normalized spacial score (nSPS) is 23.0. The van der Waals surface area contributed by atoms with E-state index in [1.165, 1.54) is 22.9 Å². The van der Waals surface area contributed by atoms with Crippen molar-refractivity contribution in [3.05, 3.63) is 46.6 Å². The molecule has 0 aromatic heterocycles. The van der Waals surface area contributed by atoms with E-state index in [4.69, 9.17) is 4.99 Å². The zero-order chi connectivity index (χ0) is 10.8. The van der Waals surface area contributed by atoms with Crippen molar-refractivity contribution in [2.45, 2.75) is 19.3 Å². The quantitative estimate of drug-likeness (QED) is 0.685. The number of nitrogens with one attached hydrogen (secondary N) is 1. The van der Waals surface area contributed by atoms with Crippen LogP contribution in [0.1, 0.15) is 19.3 Å². The summed E-state index contributed by atoms with van der Waals surface area (Å²) in [7, 11) is 0. The third kappa shape index (κ3) is 1.69. The van der Waals surface area contributed by atoms with E-state index in [1.54, 1.807) is 0 Å². The molecule has 0 fully saturated rings. The highest BCUT2D eigenvalue weighted by Gasteiger charge is 2.12. The van der Waals surface area contributed by atoms with Crippen LogP contribution in [0.15, 0.2) is 41.0 Å². The van der Waals surface area contributed by atoms with Crippen LogP contribution in [0, 0.1) is 0 Å². The Bertz CT molecular complexity index is 540. The first-order valence-electron chi connectivity index (χ1n) is 6.03. The summed E-state index contributed by atoms with van der Waals surface area (Å²) in [4.78, 5) is 4.71. The molecule has 2 heteroatoms. The van der Waals surface area contributed by atoms with Crippen molar-refractivity contribution >= 4 is 5.57 Å². The lowest BCUT2D eigenvalue weighted by Crippen LogP contribution is -2.23. The molecule has 0 bridgehead atoms. The van der Waals surface area contributed by atoms with Gasteiger partial charge in [0.25, 0.3) is 0 Å². The molecule has 3 rings (SSSR count). The van der Waals surface area contributed by atoms with Crippen LogP contribution in [0.4, 0.5) is 0 Å². The summed E-state index contributed by atoms with van der Waals surface area (Å²) in [5.41, 5.74) is 2.63. The molecular formula is C14H16N2. The number of allylic oxidation sites excluding steroid dienone is 2. The fourth-order valence-corrected chi connectivity index (χ4v) is 2.40. The Morgan fingerprint density at radius 3 is 3.06 bits per heavy atom. The standard InChI is InChI=1S/C14H16N2/c1-2-6-13-11(5-1)12-8-10-15-9-4-3-7-14(12)16-13/h1-2,5-7,15H,3-4,8-10H2/b14-7+. The van der Waals surface area contributed by atoms with Crippen molar-refractivity contribution in [1.82, 2.24) is 5.32 Å². The zero-order valence-corrected chi connectivity index (χ0v) is 9.37. The Kier molecular flexibility index (Phi) is 2.58. The molecule has 0 amide bonds. The lowest BCUT2D eigenvalue weighted by Gasteiger charge is -2.03. The lowest BCUT2D eigenvalue weighted by atomic mass is 10.1. The van der Waals surface area contributed by atoms with Crippen LogP contribution in [0.3, 0.4) is 0 Å². The molecule has 2 aliphatic heterocycles. The second-order valence-corrected chi connectivity index (χ2v) is 4.34. The topological polar surface area (TPSA) is 24.4 Å². The Labute approximate surface area is 95.4 Å². The predicted molar refractivity (Wildman–Crippen MR) is 65.4 cm³/mol. The van der Waals surface area contributed by atoms with Crippen molar-refractivity contribution in [3.8, 4) is 0 Å². The van der Waals surface area contributed by atoms with E-state index in [1.807, 2.05) is 0 Å². The summed E-state index contributed by atoms with van der Waals surface area (Å²) in [6, 6.07) is 8.46. The van der Waals surface area contributed by atoms with E-state index >= 15 is 0 Å². The molecule has 16 heavy (non-hydrogen) atoms. The van der Waals surface area contributed by atoms with Gasteiger partial charge in [0.15, 0.2) is 0 Å². The van der Waals surface area contributed by atoms with Crippen molar-refractivity contribution in [2.75, 3.05) is 13.1 Å². The summed E-state index contributed by atoms with van der Waals surface area (Å²) < 4.78 is 0. The third-order valence-corrected chi connectivity index (χ3v) is 3.23. The minimum absolute atomic E-state index is 1.07. The van der Waals surface area contributed by atoms with Crippen LogP contribution < -0.4 is 15.9 Å². The number of para-hydroxylation sites is 1. The van der Waals surface area contributed by atoms with Gasteiger partial charge in [0.1, 0.15) is 0 Å². The van der Waals surface area contributed by atoms with Gasteiger partial charge in [-0.25, -0.2) is 4.99 Å². The molecule has 0 aliphatic carbocycles. The minimum atomic E-state index is 1.07. The average molecular weight is 212 g/mol. The fourth-order valence-electron chi connectivity index (χ4n) is 2.40. The Balaban J connectivity index is 2.15. The third-order valence-electron chi connectivity index (χ3n) is 3.23. The van der Waals surface area contributed by atoms with E-state index < -0.39 is 0 Å². The molecule has 0 spiro atoms. The first-order chi connectivity index (χ1) is 7.95. The molecule has 0 unspecified atom stereocenters. The molecule has 0 saturated carbocycles. The molecular weight excluding hydrogens is 196 g/mol. The maximum atomic E-state index is 4.71. The van der Waals surface area contributed by atoms with Crippen LogP contribution in [0.5, 0.6) is 0 Å². The van der Waals surface area contributed by atoms with Crippen molar-refractivity contribution in [3.63, 3.8) is 0 Å². The van der Waals surface area contributed by atoms with E-state index in [0.717, 1.165) is 31.3 Å². The Morgan fingerprint density at radius 2 is 2.06 bits per heavy atom. The molecule has 0 radical (unpaired) electrons. The second-order valence-electron chi connectivity index (χ2n) is 4.34. The largest absolute Gasteiger partial charge is 0.316 e. The van der Waals surface area contributed by atoms with Crippen molar-refractivity contribution < 1.29 is 0 Å². The molecule has 1 aromatic carbocycles. The molecule has 2 aliphatic rings. The number of benzene rings is 1. The first-order valence-corrected chi connectivity index (χ1v) is 6.03. The fraction of sp³-hybridized carbons (Fsp3) is 0.357. The number of fused-ring (bicyclic) bond motifs is 2. The van der Waals surface area contributed by atoms with Crippen LogP contribution in [0.25, 0.3) is 5.57 Å². The molecule has 1 N–H and O–H groups in total.